The molecule has 2 aromatic heterocycles. The second-order valence-electron chi connectivity index (χ2n) is 3.14. The third-order valence-corrected chi connectivity index (χ3v) is 2.11. The molecule has 0 aromatic carbocycles. The molecule has 0 bridgehead atoms. The van der Waals surface area contributed by atoms with Gasteiger partial charge in [0.25, 0.3) is 0 Å². The van der Waals surface area contributed by atoms with Gasteiger partial charge in [0.2, 0.25) is 0 Å². The molecule has 64 valence electrons. The number of nitriles is 1. The van der Waals surface area contributed by atoms with Crippen molar-refractivity contribution in [2.45, 2.75) is 13.8 Å². The van der Waals surface area contributed by atoms with Crippen LogP contribution in [-0.4, -0.2) is 9.61 Å². The first-order valence-corrected chi connectivity index (χ1v) is 4.07. The molecule has 3 nitrogen and oxygen atoms in total. The molecule has 0 atom stereocenters. The van der Waals surface area contributed by atoms with Crippen molar-refractivity contribution in [3.05, 3.63) is 35.2 Å². The van der Waals surface area contributed by atoms with E-state index in [1.165, 1.54) is 0 Å². The summed E-state index contributed by atoms with van der Waals surface area (Å²) in [6, 6.07) is 3.99. The summed E-state index contributed by atoms with van der Waals surface area (Å²) in [5.41, 5.74) is 3.98. The van der Waals surface area contributed by atoms with E-state index in [4.69, 9.17) is 5.26 Å². The van der Waals surface area contributed by atoms with E-state index >= 15 is 0 Å². The van der Waals surface area contributed by atoms with Crippen molar-refractivity contribution >= 4 is 5.52 Å². The maximum absolute atomic E-state index is 8.74. The van der Waals surface area contributed by atoms with Gasteiger partial charge in [-0.15, -0.1) is 0 Å². The molecule has 0 N–H and O–H groups in total. The Balaban J connectivity index is 2.89. The van der Waals surface area contributed by atoms with Crippen LogP contribution in [0.3, 0.4) is 0 Å². The Kier molecular flexibility index (Phi) is 1.56. The van der Waals surface area contributed by atoms with Gasteiger partial charge in [-0.05, 0) is 31.0 Å². The fourth-order valence-corrected chi connectivity index (χ4v) is 1.57. The van der Waals surface area contributed by atoms with Crippen LogP contribution in [0.2, 0.25) is 0 Å². The molecule has 0 spiro atoms. The third kappa shape index (κ3) is 1.07. The Hall–Kier alpha value is -1.82. The number of rotatable bonds is 0. The normalized spacial score (nSPS) is 10.2. The van der Waals surface area contributed by atoms with Crippen molar-refractivity contribution in [3.8, 4) is 6.07 Å². The molecule has 2 heterocycles. The Bertz CT molecular complexity index is 503. The summed E-state index contributed by atoms with van der Waals surface area (Å²) in [7, 11) is 0. The summed E-state index contributed by atoms with van der Waals surface area (Å²) in [6.07, 6.45) is 3.55. The van der Waals surface area contributed by atoms with Crippen molar-refractivity contribution in [1.29, 1.82) is 5.26 Å². The second kappa shape index (κ2) is 2.60. The summed E-state index contributed by atoms with van der Waals surface area (Å²) in [4.78, 5) is 0. The highest BCUT2D eigenvalue weighted by Crippen LogP contribution is 2.15. The molecule has 2 rings (SSSR count). The Labute approximate surface area is 76.2 Å². The van der Waals surface area contributed by atoms with E-state index in [0.29, 0.717) is 5.56 Å². The van der Waals surface area contributed by atoms with Gasteiger partial charge in [0.1, 0.15) is 6.07 Å². The van der Waals surface area contributed by atoms with Crippen molar-refractivity contribution in [2.75, 3.05) is 0 Å². The number of pyridine rings is 1. The van der Waals surface area contributed by atoms with E-state index in [1.54, 1.807) is 10.7 Å². The van der Waals surface area contributed by atoms with Crippen LogP contribution in [0, 0.1) is 25.2 Å². The SMILES string of the molecule is Cc1cnn2cc(C#N)cc(C)c12. The number of hydrogen-bond acceptors (Lipinski definition) is 2. The maximum Gasteiger partial charge on any atom is 0.101 e. The Morgan fingerprint density at radius 1 is 1.38 bits per heavy atom. The largest absolute Gasteiger partial charge is 0.239 e. The molecule has 3 heteroatoms. The summed E-state index contributed by atoms with van der Waals surface area (Å²) in [5.74, 6) is 0. The molecule has 0 aliphatic carbocycles. The molecule has 0 saturated carbocycles. The Morgan fingerprint density at radius 2 is 2.15 bits per heavy atom. The van der Waals surface area contributed by atoms with Crippen LogP contribution < -0.4 is 0 Å². The number of hydrogen-bond donors (Lipinski definition) is 0. The van der Waals surface area contributed by atoms with Gasteiger partial charge in [-0.2, -0.15) is 10.4 Å². The van der Waals surface area contributed by atoms with E-state index in [9.17, 15) is 0 Å². The van der Waals surface area contributed by atoms with Crippen molar-refractivity contribution in [3.63, 3.8) is 0 Å². The molecule has 0 unspecified atom stereocenters. The zero-order valence-corrected chi connectivity index (χ0v) is 7.57. The first-order valence-electron chi connectivity index (χ1n) is 4.07. The first kappa shape index (κ1) is 7.81. The second-order valence-corrected chi connectivity index (χ2v) is 3.14. The number of aryl methyl sites for hydroxylation is 2. The predicted molar refractivity (Wildman–Crippen MR) is 49.4 cm³/mol. The molecule has 0 saturated heterocycles. The van der Waals surface area contributed by atoms with Crippen LogP contribution >= 0.6 is 0 Å². The van der Waals surface area contributed by atoms with Gasteiger partial charge in [0, 0.05) is 6.20 Å². The lowest BCUT2D eigenvalue weighted by Crippen LogP contribution is -1.91. The van der Waals surface area contributed by atoms with E-state index in [1.807, 2.05) is 26.1 Å². The smallest absolute Gasteiger partial charge is 0.101 e. The third-order valence-electron chi connectivity index (χ3n) is 2.11. The summed E-state index contributed by atoms with van der Waals surface area (Å²) in [5, 5.41) is 12.9. The average molecular weight is 171 g/mol. The van der Waals surface area contributed by atoms with Gasteiger partial charge in [-0.3, -0.25) is 0 Å². The van der Waals surface area contributed by atoms with Gasteiger partial charge >= 0.3 is 0 Å². The average Bonchev–Trinajstić information content (AvgIpc) is 2.48. The summed E-state index contributed by atoms with van der Waals surface area (Å²) >= 11 is 0. The van der Waals surface area contributed by atoms with E-state index < -0.39 is 0 Å². The van der Waals surface area contributed by atoms with Crippen LogP contribution in [0.4, 0.5) is 0 Å². The highest BCUT2D eigenvalue weighted by atomic mass is 15.2. The predicted octanol–water partition coefficient (Wildman–Crippen LogP) is 1.82. The van der Waals surface area contributed by atoms with E-state index in [0.717, 1.165) is 16.6 Å². The van der Waals surface area contributed by atoms with Crippen LogP contribution in [0.1, 0.15) is 16.7 Å². The molecule has 13 heavy (non-hydrogen) atoms. The highest BCUT2D eigenvalue weighted by Gasteiger charge is 2.04. The minimum absolute atomic E-state index is 0.646. The maximum atomic E-state index is 8.74. The van der Waals surface area contributed by atoms with E-state index in [-0.39, 0.29) is 0 Å². The van der Waals surface area contributed by atoms with Gasteiger partial charge in [-0.1, -0.05) is 0 Å². The molecular weight excluding hydrogens is 162 g/mol. The topological polar surface area (TPSA) is 41.1 Å². The zero-order valence-electron chi connectivity index (χ0n) is 7.57. The minimum atomic E-state index is 0.646. The van der Waals surface area contributed by atoms with Gasteiger partial charge in [0.05, 0.1) is 17.3 Å². The molecule has 0 radical (unpaired) electrons. The number of fused-ring (bicyclic) bond motifs is 1. The monoisotopic (exact) mass is 171 g/mol. The van der Waals surface area contributed by atoms with Crippen LogP contribution in [0.5, 0.6) is 0 Å². The summed E-state index contributed by atoms with van der Waals surface area (Å²) < 4.78 is 1.75. The molecule has 0 aliphatic heterocycles. The lowest BCUT2D eigenvalue weighted by Gasteiger charge is -1.99. The van der Waals surface area contributed by atoms with Crippen molar-refractivity contribution < 1.29 is 0 Å². The van der Waals surface area contributed by atoms with Gasteiger partial charge in [0.15, 0.2) is 0 Å². The van der Waals surface area contributed by atoms with Crippen LogP contribution in [0.25, 0.3) is 5.52 Å². The molecular formula is C10H9N3. The first-order chi connectivity index (χ1) is 6.22. The van der Waals surface area contributed by atoms with Gasteiger partial charge in [-0.25, -0.2) is 4.52 Å². The highest BCUT2D eigenvalue weighted by molar-refractivity contribution is 5.60. The van der Waals surface area contributed by atoms with Gasteiger partial charge < -0.3 is 0 Å². The summed E-state index contributed by atoms with van der Waals surface area (Å²) in [6.45, 7) is 4.01. The Morgan fingerprint density at radius 3 is 2.85 bits per heavy atom. The quantitative estimate of drug-likeness (QED) is 0.606. The standard InChI is InChI=1S/C10H9N3/c1-7-3-9(4-11)6-13-10(7)8(2)5-12-13/h3,5-6H,1-2H3. The fraction of sp³-hybridized carbons (Fsp3) is 0.200. The van der Waals surface area contributed by atoms with Crippen molar-refractivity contribution in [1.82, 2.24) is 9.61 Å². The number of nitrogens with zero attached hydrogens (tertiary/aromatic N) is 3. The van der Waals surface area contributed by atoms with E-state index in [2.05, 4.69) is 11.2 Å². The zero-order chi connectivity index (χ0) is 9.42. The molecule has 2 aromatic rings. The lowest BCUT2D eigenvalue weighted by molar-refractivity contribution is 0.952. The number of aromatic nitrogens is 2. The lowest BCUT2D eigenvalue weighted by atomic mass is 10.1. The molecule has 0 amide bonds. The van der Waals surface area contributed by atoms with Crippen LogP contribution in [-0.2, 0) is 0 Å². The molecule has 0 fully saturated rings. The fourth-order valence-electron chi connectivity index (χ4n) is 1.57. The van der Waals surface area contributed by atoms with Crippen LogP contribution in [0.15, 0.2) is 18.5 Å². The minimum Gasteiger partial charge on any atom is -0.239 e. The van der Waals surface area contributed by atoms with Crippen molar-refractivity contribution in [2.24, 2.45) is 0 Å². The molecule has 0 aliphatic rings.